The number of nitrogens with one attached hydrogen (secondary N) is 1. The average molecular weight is 261 g/mol. The second-order valence-corrected chi connectivity index (χ2v) is 4.96. The van der Waals surface area contributed by atoms with Gasteiger partial charge in [0.05, 0.1) is 0 Å². The first kappa shape index (κ1) is 12.3. The van der Waals surface area contributed by atoms with Gasteiger partial charge in [-0.25, -0.2) is 4.39 Å². The van der Waals surface area contributed by atoms with Gasteiger partial charge < -0.3 is 9.84 Å². The minimum Gasteiger partial charge on any atom is -0.339 e. The molecule has 0 amide bonds. The number of benzene rings is 1. The predicted octanol–water partition coefficient (Wildman–Crippen LogP) is 2.42. The molecule has 0 bridgehead atoms. The van der Waals surface area contributed by atoms with Crippen LogP contribution >= 0.6 is 0 Å². The van der Waals surface area contributed by atoms with Crippen LogP contribution in [0.25, 0.3) is 11.4 Å². The number of halogens is 1. The van der Waals surface area contributed by atoms with E-state index in [9.17, 15) is 4.39 Å². The number of aromatic nitrogens is 2. The molecule has 1 aliphatic rings. The third-order valence-corrected chi connectivity index (χ3v) is 3.51. The van der Waals surface area contributed by atoms with E-state index in [-0.39, 0.29) is 5.82 Å². The summed E-state index contributed by atoms with van der Waals surface area (Å²) < 4.78 is 18.4. The van der Waals surface area contributed by atoms with Crippen molar-refractivity contribution in [2.45, 2.75) is 25.3 Å². The van der Waals surface area contributed by atoms with E-state index in [0.29, 0.717) is 23.3 Å². The number of rotatable bonds is 5. The van der Waals surface area contributed by atoms with Gasteiger partial charge in [-0.1, -0.05) is 17.3 Å². The first-order chi connectivity index (χ1) is 9.26. The van der Waals surface area contributed by atoms with Gasteiger partial charge in [0.2, 0.25) is 11.7 Å². The molecule has 4 nitrogen and oxygen atoms in total. The minimum absolute atomic E-state index is 0.296. The van der Waals surface area contributed by atoms with Gasteiger partial charge in [-0.3, -0.25) is 0 Å². The maximum Gasteiger partial charge on any atom is 0.228 e. The summed E-state index contributed by atoms with van der Waals surface area (Å²) in [6.07, 6.45) is 3.25. The number of nitrogens with zero attached hydrogens (tertiary/aromatic N) is 2. The second-order valence-electron chi connectivity index (χ2n) is 4.96. The molecule has 3 rings (SSSR count). The molecule has 0 aliphatic heterocycles. The lowest BCUT2D eigenvalue weighted by Gasteiger charge is -2.11. The van der Waals surface area contributed by atoms with Crippen molar-refractivity contribution in [2.75, 3.05) is 7.05 Å². The van der Waals surface area contributed by atoms with Crippen LogP contribution in [0.5, 0.6) is 0 Å². The summed E-state index contributed by atoms with van der Waals surface area (Å²) in [6, 6.07) is 6.61. The molecule has 19 heavy (non-hydrogen) atoms. The summed E-state index contributed by atoms with van der Waals surface area (Å²) in [4.78, 5) is 4.34. The fourth-order valence-electron chi connectivity index (χ4n) is 2.27. The number of hydrogen-bond donors (Lipinski definition) is 1. The van der Waals surface area contributed by atoms with Crippen LogP contribution in [0.3, 0.4) is 0 Å². The van der Waals surface area contributed by atoms with Crippen molar-refractivity contribution in [3.63, 3.8) is 0 Å². The standard InChI is InChI=1S/C14H16FN3O/c1-16-12(9-5-6-9)8-13-17-14(18-19-13)10-3-2-4-11(15)7-10/h2-4,7,9,12,16H,5-6,8H2,1H3. The van der Waals surface area contributed by atoms with Gasteiger partial charge in [0.25, 0.3) is 0 Å². The van der Waals surface area contributed by atoms with Crippen LogP contribution in [0, 0.1) is 11.7 Å². The summed E-state index contributed by atoms with van der Waals surface area (Å²) in [6.45, 7) is 0. The molecule has 1 saturated carbocycles. The van der Waals surface area contributed by atoms with E-state index < -0.39 is 0 Å². The van der Waals surface area contributed by atoms with Crippen LogP contribution in [-0.4, -0.2) is 23.2 Å². The molecule has 1 aromatic carbocycles. The molecule has 1 N–H and O–H groups in total. The monoisotopic (exact) mass is 261 g/mol. The highest BCUT2D eigenvalue weighted by atomic mass is 19.1. The van der Waals surface area contributed by atoms with Crippen molar-refractivity contribution in [3.8, 4) is 11.4 Å². The SMILES string of the molecule is CNC(Cc1nc(-c2cccc(F)c2)no1)C1CC1. The average Bonchev–Trinajstić information content (AvgIpc) is 3.15. The van der Waals surface area contributed by atoms with Gasteiger partial charge in [0.1, 0.15) is 5.82 Å². The largest absolute Gasteiger partial charge is 0.339 e. The van der Waals surface area contributed by atoms with Crippen molar-refractivity contribution >= 4 is 0 Å². The molecule has 5 heteroatoms. The van der Waals surface area contributed by atoms with Crippen LogP contribution in [0.2, 0.25) is 0 Å². The van der Waals surface area contributed by atoms with Crippen molar-refractivity contribution in [2.24, 2.45) is 5.92 Å². The molecule has 1 atom stereocenters. The molecule has 1 unspecified atom stereocenters. The topological polar surface area (TPSA) is 51.0 Å². The van der Waals surface area contributed by atoms with Crippen LogP contribution in [0.1, 0.15) is 18.7 Å². The number of hydrogen-bond acceptors (Lipinski definition) is 4. The van der Waals surface area contributed by atoms with Gasteiger partial charge in [0, 0.05) is 18.0 Å². The Morgan fingerprint density at radius 1 is 1.47 bits per heavy atom. The molecule has 1 aliphatic carbocycles. The summed E-state index contributed by atoms with van der Waals surface area (Å²) in [5, 5.41) is 7.20. The van der Waals surface area contributed by atoms with Gasteiger partial charge in [0.15, 0.2) is 0 Å². The Hall–Kier alpha value is -1.75. The molecule has 1 fully saturated rings. The first-order valence-corrected chi connectivity index (χ1v) is 6.52. The molecule has 0 saturated heterocycles. The van der Waals surface area contributed by atoms with E-state index in [2.05, 4.69) is 15.5 Å². The third-order valence-electron chi connectivity index (χ3n) is 3.51. The lowest BCUT2D eigenvalue weighted by Crippen LogP contribution is -2.29. The van der Waals surface area contributed by atoms with E-state index in [1.54, 1.807) is 12.1 Å². The summed E-state index contributed by atoms with van der Waals surface area (Å²) >= 11 is 0. The van der Waals surface area contributed by atoms with E-state index >= 15 is 0 Å². The predicted molar refractivity (Wildman–Crippen MR) is 69.0 cm³/mol. The fraction of sp³-hybridized carbons (Fsp3) is 0.429. The zero-order valence-electron chi connectivity index (χ0n) is 10.8. The lowest BCUT2D eigenvalue weighted by atomic mass is 10.1. The summed E-state index contributed by atoms with van der Waals surface area (Å²) in [5.74, 6) is 1.47. The van der Waals surface area contributed by atoms with E-state index in [4.69, 9.17) is 4.52 Å². The Morgan fingerprint density at radius 2 is 2.32 bits per heavy atom. The maximum absolute atomic E-state index is 13.1. The molecular weight excluding hydrogens is 245 g/mol. The Bertz CT molecular complexity index is 565. The quantitative estimate of drug-likeness (QED) is 0.898. The second kappa shape index (κ2) is 5.09. The lowest BCUT2D eigenvalue weighted by molar-refractivity contribution is 0.352. The highest BCUT2D eigenvalue weighted by Gasteiger charge is 2.31. The molecule has 0 spiro atoms. The Kier molecular flexibility index (Phi) is 3.29. The van der Waals surface area contributed by atoms with Gasteiger partial charge >= 0.3 is 0 Å². The van der Waals surface area contributed by atoms with Crippen LogP contribution in [-0.2, 0) is 6.42 Å². The Balaban J connectivity index is 1.75. The molecular formula is C14H16FN3O. The smallest absolute Gasteiger partial charge is 0.228 e. The first-order valence-electron chi connectivity index (χ1n) is 6.52. The fourth-order valence-corrected chi connectivity index (χ4v) is 2.27. The highest BCUT2D eigenvalue weighted by Crippen LogP contribution is 2.33. The van der Waals surface area contributed by atoms with Crippen LogP contribution < -0.4 is 5.32 Å². The van der Waals surface area contributed by atoms with Gasteiger partial charge in [-0.05, 0) is 37.9 Å². The zero-order chi connectivity index (χ0) is 13.2. The zero-order valence-corrected chi connectivity index (χ0v) is 10.8. The summed E-state index contributed by atoms with van der Waals surface area (Å²) in [5.41, 5.74) is 0.641. The van der Waals surface area contributed by atoms with Gasteiger partial charge in [-0.15, -0.1) is 0 Å². The van der Waals surface area contributed by atoms with E-state index in [0.717, 1.165) is 12.3 Å². The molecule has 0 radical (unpaired) electrons. The normalized spacial score (nSPS) is 16.5. The highest BCUT2D eigenvalue weighted by molar-refractivity contribution is 5.53. The molecule has 1 aromatic heterocycles. The van der Waals surface area contributed by atoms with Crippen molar-refractivity contribution in [1.82, 2.24) is 15.5 Å². The molecule has 100 valence electrons. The van der Waals surface area contributed by atoms with Crippen molar-refractivity contribution in [3.05, 3.63) is 36.0 Å². The molecule has 2 aromatic rings. The van der Waals surface area contributed by atoms with Crippen molar-refractivity contribution in [1.29, 1.82) is 0 Å². The molecule has 1 heterocycles. The maximum atomic E-state index is 13.1. The Morgan fingerprint density at radius 3 is 3.00 bits per heavy atom. The third kappa shape index (κ3) is 2.81. The van der Waals surface area contributed by atoms with Crippen LogP contribution in [0.4, 0.5) is 4.39 Å². The van der Waals surface area contributed by atoms with Crippen molar-refractivity contribution < 1.29 is 8.91 Å². The van der Waals surface area contributed by atoms with E-state index in [1.165, 1.54) is 25.0 Å². The van der Waals surface area contributed by atoms with Gasteiger partial charge in [-0.2, -0.15) is 4.98 Å². The minimum atomic E-state index is -0.296. The Labute approximate surface area is 111 Å². The number of likely N-dealkylation sites (N-methyl/N-ethyl adjacent to an activating group) is 1. The van der Waals surface area contributed by atoms with E-state index in [1.807, 2.05) is 7.05 Å². The summed E-state index contributed by atoms with van der Waals surface area (Å²) in [7, 11) is 1.95. The van der Waals surface area contributed by atoms with Crippen LogP contribution in [0.15, 0.2) is 28.8 Å².